The Bertz CT molecular complexity index is 425. The van der Waals surface area contributed by atoms with E-state index in [1.54, 1.807) is 6.92 Å². The van der Waals surface area contributed by atoms with Crippen LogP contribution in [0.2, 0.25) is 0 Å². The minimum Gasteiger partial charge on any atom is -0.493 e. The van der Waals surface area contributed by atoms with Crippen LogP contribution >= 0.6 is 0 Å². The number of halogens is 1. The van der Waals surface area contributed by atoms with Crippen molar-refractivity contribution in [3.05, 3.63) is 24.0 Å². The number of methoxy groups -OCH3 is 1. The van der Waals surface area contributed by atoms with Crippen LogP contribution in [0.4, 0.5) is 4.39 Å². The summed E-state index contributed by atoms with van der Waals surface area (Å²) in [5.74, 6) is 0.844. The minimum atomic E-state index is -0.358. The molecule has 1 aromatic rings. The van der Waals surface area contributed by atoms with Crippen LogP contribution in [0, 0.1) is 11.7 Å². The van der Waals surface area contributed by atoms with Crippen molar-refractivity contribution in [1.29, 1.82) is 0 Å². The van der Waals surface area contributed by atoms with Gasteiger partial charge in [-0.05, 0) is 31.9 Å². The van der Waals surface area contributed by atoms with E-state index >= 15 is 0 Å². The summed E-state index contributed by atoms with van der Waals surface area (Å²) in [6.07, 6.45) is 1.39. The van der Waals surface area contributed by atoms with Gasteiger partial charge in [0.05, 0.1) is 7.11 Å². The van der Waals surface area contributed by atoms with Gasteiger partial charge >= 0.3 is 0 Å². The Balaban J connectivity index is 2.00. The van der Waals surface area contributed by atoms with Gasteiger partial charge in [-0.25, -0.2) is 4.39 Å². The van der Waals surface area contributed by atoms with Gasteiger partial charge < -0.3 is 9.47 Å². The average molecular weight is 238 g/mol. The smallest absolute Gasteiger partial charge is 0.164 e. The first-order chi connectivity index (χ1) is 8.10. The van der Waals surface area contributed by atoms with Gasteiger partial charge in [-0.1, -0.05) is 0 Å². The van der Waals surface area contributed by atoms with Gasteiger partial charge in [-0.2, -0.15) is 0 Å². The van der Waals surface area contributed by atoms with Crippen LogP contribution in [0.5, 0.6) is 11.5 Å². The Morgan fingerprint density at radius 2 is 2.06 bits per heavy atom. The number of benzene rings is 1. The third-order valence-corrected chi connectivity index (χ3v) is 3.09. The zero-order chi connectivity index (χ0) is 12.4. The van der Waals surface area contributed by atoms with Gasteiger partial charge in [0.2, 0.25) is 0 Å². The molecular weight excluding hydrogens is 223 g/mol. The van der Waals surface area contributed by atoms with Gasteiger partial charge in [0.1, 0.15) is 17.7 Å². The van der Waals surface area contributed by atoms with Crippen LogP contribution in [-0.4, -0.2) is 19.0 Å². The van der Waals surface area contributed by atoms with E-state index in [1.165, 1.54) is 25.3 Å². The molecule has 1 aliphatic carbocycles. The van der Waals surface area contributed by atoms with Crippen molar-refractivity contribution in [3.63, 3.8) is 0 Å². The molecule has 1 saturated carbocycles. The fourth-order valence-electron chi connectivity index (χ4n) is 1.92. The van der Waals surface area contributed by atoms with Gasteiger partial charge in [-0.3, -0.25) is 4.79 Å². The molecule has 4 heteroatoms. The van der Waals surface area contributed by atoms with E-state index in [4.69, 9.17) is 9.47 Å². The molecule has 0 aliphatic heterocycles. The Kier molecular flexibility index (Phi) is 3.31. The number of rotatable bonds is 4. The second kappa shape index (κ2) is 4.73. The summed E-state index contributed by atoms with van der Waals surface area (Å²) in [5.41, 5.74) is 0. The Morgan fingerprint density at radius 3 is 2.65 bits per heavy atom. The van der Waals surface area contributed by atoms with Crippen LogP contribution in [0.1, 0.15) is 19.8 Å². The summed E-state index contributed by atoms with van der Waals surface area (Å²) in [6, 6.07) is 4.16. The first-order valence-corrected chi connectivity index (χ1v) is 5.61. The number of carbonyl (C=O) groups is 1. The number of ether oxygens (including phenoxy) is 2. The normalized spacial score (nSPS) is 22.8. The zero-order valence-corrected chi connectivity index (χ0v) is 9.90. The number of Topliss-reactive ketones (excluding diaryl/α,β-unsaturated/α-hetero) is 1. The van der Waals surface area contributed by atoms with Crippen molar-refractivity contribution in [2.75, 3.05) is 7.11 Å². The van der Waals surface area contributed by atoms with Crippen LogP contribution in [-0.2, 0) is 4.79 Å². The molecule has 92 valence electrons. The molecule has 0 spiro atoms. The van der Waals surface area contributed by atoms with Crippen molar-refractivity contribution in [1.82, 2.24) is 0 Å². The molecule has 17 heavy (non-hydrogen) atoms. The highest BCUT2D eigenvalue weighted by Crippen LogP contribution is 2.35. The fraction of sp³-hybridized carbons (Fsp3) is 0.462. The summed E-state index contributed by atoms with van der Waals surface area (Å²) in [5, 5.41) is 0. The first kappa shape index (κ1) is 11.9. The molecule has 1 fully saturated rings. The maximum absolute atomic E-state index is 13.1. The summed E-state index contributed by atoms with van der Waals surface area (Å²) in [4.78, 5) is 11.1. The molecule has 0 saturated heterocycles. The Hall–Kier alpha value is -1.58. The SMILES string of the molecule is COc1ccc(F)cc1O[C@H]1C[C@H](C(C)=O)C1. The summed E-state index contributed by atoms with van der Waals surface area (Å²) >= 11 is 0. The highest BCUT2D eigenvalue weighted by molar-refractivity contribution is 5.79. The molecule has 0 bridgehead atoms. The van der Waals surface area contributed by atoms with E-state index < -0.39 is 0 Å². The Labute approximate surface area is 99.5 Å². The maximum atomic E-state index is 13.1. The topological polar surface area (TPSA) is 35.5 Å². The molecule has 0 amide bonds. The molecule has 0 heterocycles. The maximum Gasteiger partial charge on any atom is 0.164 e. The number of hydrogen-bond donors (Lipinski definition) is 0. The predicted octanol–water partition coefficient (Wildman–Crippen LogP) is 2.58. The molecule has 0 radical (unpaired) electrons. The molecular formula is C13H15FO3. The van der Waals surface area contributed by atoms with Crippen LogP contribution < -0.4 is 9.47 Å². The van der Waals surface area contributed by atoms with Crippen LogP contribution in [0.25, 0.3) is 0 Å². The quantitative estimate of drug-likeness (QED) is 0.808. The van der Waals surface area contributed by atoms with Crippen molar-refractivity contribution >= 4 is 5.78 Å². The second-order valence-corrected chi connectivity index (χ2v) is 4.31. The third kappa shape index (κ3) is 2.57. The average Bonchev–Trinajstić information content (AvgIpc) is 2.22. The van der Waals surface area contributed by atoms with E-state index in [-0.39, 0.29) is 23.6 Å². The Morgan fingerprint density at radius 1 is 1.35 bits per heavy atom. The summed E-state index contributed by atoms with van der Waals surface area (Å²) in [7, 11) is 1.51. The second-order valence-electron chi connectivity index (χ2n) is 4.31. The number of hydrogen-bond acceptors (Lipinski definition) is 3. The fourth-order valence-corrected chi connectivity index (χ4v) is 1.92. The number of ketones is 1. The van der Waals surface area contributed by atoms with Crippen molar-refractivity contribution < 1.29 is 18.7 Å². The zero-order valence-electron chi connectivity index (χ0n) is 9.90. The molecule has 0 atom stereocenters. The van der Waals surface area contributed by atoms with Gasteiger partial charge in [0.25, 0.3) is 0 Å². The minimum absolute atomic E-state index is 0.0143. The largest absolute Gasteiger partial charge is 0.493 e. The molecule has 1 aliphatic rings. The molecule has 1 aromatic carbocycles. The lowest BCUT2D eigenvalue weighted by molar-refractivity contribution is -0.126. The van der Waals surface area contributed by atoms with Crippen LogP contribution in [0.3, 0.4) is 0 Å². The van der Waals surface area contributed by atoms with Crippen molar-refractivity contribution in [3.8, 4) is 11.5 Å². The lowest BCUT2D eigenvalue weighted by Gasteiger charge is -2.33. The monoisotopic (exact) mass is 238 g/mol. The predicted molar refractivity (Wildman–Crippen MR) is 60.8 cm³/mol. The molecule has 0 unspecified atom stereocenters. The van der Waals surface area contributed by atoms with E-state index in [0.717, 1.165) is 0 Å². The highest BCUT2D eigenvalue weighted by atomic mass is 19.1. The van der Waals surface area contributed by atoms with Crippen molar-refractivity contribution in [2.45, 2.75) is 25.9 Å². The van der Waals surface area contributed by atoms with E-state index in [9.17, 15) is 9.18 Å². The third-order valence-electron chi connectivity index (χ3n) is 3.09. The van der Waals surface area contributed by atoms with Gasteiger partial charge in [-0.15, -0.1) is 0 Å². The molecule has 3 nitrogen and oxygen atoms in total. The van der Waals surface area contributed by atoms with E-state index in [0.29, 0.717) is 24.3 Å². The molecule has 0 aromatic heterocycles. The van der Waals surface area contributed by atoms with Crippen LogP contribution in [0.15, 0.2) is 18.2 Å². The standard InChI is InChI=1S/C13H15FO3/c1-8(15)9-5-11(6-9)17-13-7-10(14)3-4-12(13)16-2/h3-4,7,9,11H,5-6H2,1-2H3/t9-,11-. The summed E-state index contributed by atoms with van der Waals surface area (Å²) in [6.45, 7) is 1.59. The van der Waals surface area contributed by atoms with E-state index in [1.807, 2.05) is 0 Å². The van der Waals surface area contributed by atoms with E-state index in [2.05, 4.69) is 0 Å². The lowest BCUT2D eigenvalue weighted by Crippen LogP contribution is -2.37. The molecule has 0 N–H and O–H groups in total. The summed E-state index contributed by atoms with van der Waals surface area (Å²) < 4.78 is 23.8. The highest BCUT2D eigenvalue weighted by Gasteiger charge is 2.34. The number of carbonyl (C=O) groups excluding carboxylic acids is 1. The van der Waals surface area contributed by atoms with Crippen molar-refractivity contribution in [2.24, 2.45) is 5.92 Å². The molecule has 2 rings (SSSR count). The van der Waals surface area contributed by atoms with Gasteiger partial charge in [0, 0.05) is 12.0 Å². The van der Waals surface area contributed by atoms with Gasteiger partial charge in [0.15, 0.2) is 11.5 Å². The first-order valence-electron chi connectivity index (χ1n) is 5.61. The lowest BCUT2D eigenvalue weighted by atomic mass is 9.80.